The van der Waals surface area contributed by atoms with Crippen LogP contribution in [0.3, 0.4) is 0 Å². The zero-order valence-corrected chi connectivity index (χ0v) is 14.5. The van der Waals surface area contributed by atoms with Gasteiger partial charge in [0.05, 0.1) is 16.7 Å². The van der Waals surface area contributed by atoms with Gasteiger partial charge in [-0.3, -0.25) is 9.69 Å². The fourth-order valence-electron chi connectivity index (χ4n) is 3.13. The van der Waals surface area contributed by atoms with Crippen LogP contribution in [0.25, 0.3) is 0 Å². The first-order valence-corrected chi connectivity index (χ1v) is 8.49. The van der Waals surface area contributed by atoms with E-state index in [1.807, 2.05) is 0 Å². The third-order valence-corrected chi connectivity index (χ3v) is 5.30. The van der Waals surface area contributed by atoms with Crippen LogP contribution in [0.4, 0.5) is 4.79 Å². The van der Waals surface area contributed by atoms with Crippen molar-refractivity contribution in [1.82, 2.24) is 15.1 Å². The van der Waals surface area contributed by atoms with E-state index in [-0.39, 0.29) is 11.9 Å². The predicted molar refractivity (Wildman–Crippen MR) is 89.5 cm³/mol. The van der Waals surface area contributed by atoms with Crippen molar-refractivity contribution in [3.63, 3.8) is 0 Å². The molecule has 3 amide bonds. The van der Waals surface area contributed by atoms with Crippen LogP contribution >= 0.6 is 23.2 Å². The Bertz CT molecular complexity index is 646. The number of piperidine rings is 1. The lowest BCUT2D eigenvalue weighted by atomic mass is 9.92. The maximum Gasteiger partial charge on any atom is 0.326 e. The molecule has 2 aliphatic rings. The Morgan fingerprint density at radius 2 is 1.83 bits per heavy atom. The Balaban J connectivity index is 1.82. The van der Waals surface area contributed by atoms with Gasteiger partial charge in [0, 0.05) is 0 Å². The second kappa shape index (κ2) is 6.30. The Morgan fingerprint density at radius 3 is 2.48 bits per heavy atom. The Morgan fingerprint density at radius 1 is 1.13 bits per heavy atom. The molecule has 2 fully saturated rings. The molecule has 0 saturated carbocycles. The number of halogens is 2. The summed E-state index contributed by atoms with van der Waals surface area (Å²) in [5, 5.41) is 3.57. The van der Waals surface area contributed by atoms with Crippen LogP contribution in [-0.4, -0.2) is 41.5 Å². The minimum Gasteiger partial charge on any atom is -0.319 e. The van der Waals surface area contributed by atoms with Crippen molar-refractivity contribution < 1.29 is 9.59 Å². The summed E-state index contributed by atoms with van der Waals surface area (Å²) in [7, 11) is 0. The smallest absolute Gasteiger partial charge is 0.319 e. The molecule has 0 spiro atoms. The van der Waals surface area contributed by atoms with Gasteiger partial charge in [0.15, 0.2) is 0 Å². The normalized spacial score (nSPS) is 25.8. The van der Waals surface area contributed by atoms with Crippen LogP contribution in [0.1, 0.15) is 31.7 Å². The molecule has 1 unspecified atom stereocenters. The third kappa shape index (κ3) is 3.05. The molecule has 2 heterocycles. The van der Waals surface area contributed by atoms with E-state index in [1.165, 1.54) is 11.3 Å². The van der Waals surface area contributed by atoms with E-state index in [1.54, 1.807) is 25.1 Å². The first-order valence-electron chi connectivity index (χ1n) is 7.74. The molecule has 1 aromatic carbocycles. The largest absolute Gasteiger partial charge is 0.326 e. The van der Waals surface area contributed by atoms with Crippen LogP contribution in [-0.2, 0) is 10.3 Å². The molecule has 3 rings (SSSR count). The molecule has 2 saturated heterocycles. The molecular formula is C16H19Cl2N3O2. The number of urea groups is 1. The lowest BCUT2D eigenvalue weighted by Gasteiger charge is -2.30. The molecular weight excluding hydrogens is 337 g/mol. The quantitative estimate of drug-likeness (QED) is 0.847. The van der Waals surface area contributed by atoms with E-state index in [4.69, 9.17) is 23.2 Å². The van der Waals surface area contributed by atoms with Crippen LogP contribution < -0.4 is 5.32 Å². The van der Waals surface area contributed by atoms with E-state index in [2.05, 4.69) is 10.2 Å². The standard InChI is InChI=1S/C16H19Cl2N3O2/c1-16(11-5-6-12(17)13(18)9-11)14(22)21(15(23)19-16)10-20-7-3-2-4-8-20/h5-6,9H,2-4,7-8,10H2,1H3,(H,19,23). The lowest BCUT2D eigenvalue weighted by Crippen LogP contribution is -2.45. The van der Waals surface area contributed by atoms with Gasteiger partial charge in [-0.2, -0.15) is 0 Å². The van der Waals surface area contributed by atoms with Gasteiger partial charge in [0.1, 0.15) is 5.54 Å². The number of benzene rings is 1. The highest BCUT2D eigenvalue weighted by Crippen LogP contribution is 2.33. The molecule has 0 aromatic heterocycles. The molecule has 124 valence electrons. The average molecular weight is 356 g/mol. The van der Waals surface area contributed by atoms with Crippen LogP contribution in [0.2, 0.25) is 10.0 Å². The van der Waals surface area contributed by atoms with Crippen molar-refractivity contribution in [3.8, 4) is 0 Å². The van der Waals surface area contributed by atoms with E-state index in [0.717, 1.165) is 25.9 Å². The Kier molecular flexibility index (Phi) is 4.54. The number of nitrogens with zero attached hydrogens (tertiary/aromatic N) is 2. The number of carbonyl (C=O) groups is 2. The van der Waals surface area contributed by atoms with Gasteiger partial charge >= 0.3 is 6.03 Å². The number of nitrogens with one attached hydrogen (secondary N) is 1. The van der Waals surface area contributed by atoms with Gasteiger partial charge in [-0.25, -0.2) is 9.69 Å². The molecule has 1 N–H and O–H groups in total. The second-order valence-corrected chi connectivity index (χ2v) is 7.05. The van der Waals surface area contributed by atoms with Crippen molar-refractivity contribution in [2.24, 2.45) is 0 Å². The summed E-state index contributed by atoms with van der Waals surface area (Å²) in [6.45, 7) is 3.87. The Labute approximate surface area is 145 Å². The van der Waals surface area contributed by atoms with Gasteiger partial charge < -0.3 is 5.32 Å². The number of hydrogen-bond donors (Lipinski definition) is 1. The number of amides is 3. The van der Waals surface area contributed by atoms with Crippen molar-refractivity contribution in [2.45, 2.75) is 31.7 Å². The van der Waals surface area contributed by atoms with Crippen molar-refractivity contribution in [3.05, 3.63) is 33.8 Å². The van der Waals surface area contributed by atoms with Gasteiger partial charge in [-0.05, 0) is 50.6 Å². The van der Waals surface area contributed by atoms with Gasteiger partial charge in [-0.15, -0.1) is 0 Å². The number of imide groups is 1. The molecule has 1 aromatic rings. The first-order chi connectivity index (χ1) is 10.9. The molecule has 23 heavy (non-hydrogen) atoms. The maximum atomic E-state index is 12.8. The van der Waals surface area contributed by atoms with E-state index in [9.17, 15) is 9.59 Å². The lowest BCUT2D eigenvalue weighted by molar-refractivity contribution is -0.132. The maximum absolute atomic E-state index is 12.8. The number of carbonyl (C=O) groups excluding carboxylic acids is 2. The molecule has 2 aliphatic heterocycles. The monoisotopic (exact) mass is 355 g/mol. The fraction of sp³-hybridized carbons (Fsp3) is 0.500. The number of hydrogen-bond acceptors (Lipinski definition) is 3. The van der Waals surface area contributed by atoms with Gasteiger partial charge in [-0.1, -0.05) is 35.7 Å². The number of likely N-dealkylation sites (tertiary alicyclic amines) is 1. The highest BCUT2D eigenvalue weighted by Gasteiger charge is 2.49. The minimum absolute atomic E-state index is 0.258. The highest BCUT2D eigenvalue weighted by atomic mass is 35.5. The topological polar surface area (TPSA) is 52.7 Å². The summed E-state index contributed by atoms with van der Waals surface area (Å²) in [6, 6.07) is 4.62. The summed E-state index contributed by atoms with van der Waals surface area (Å²) in [6.07, 6.45) is 3.42. The van der Waals surface area contributed by atoms with E-state index >= 15 is 0 Å². The average Bonchev–Trinajstić information content (AvgIpc) is 2.75. The van der Waals surface area contributed by atoms with Crippen molar-refractivity contribution >= 4 is 35.1 Å². The first kappa shape index (κ1) is 16.6. The fourth-order valence-corrected chi connectivity index (χ4v) is 3.43. The predicted octanol–water partition coefficient (Wildman–Crippen LogP) is 3.20. The SMILES string of the molecule is CC1(c2ccc(Cl)c(Cl)c2)NC(=O)N(CN2CCCCC2)C1=O. The van der Waals surface area contributed by atoms with Crippen molar-refractivity contribution in [1.29, 1.82) is 0 Å². The van der Waals surface area contributed by atoms with Crippen LogP contribution in [0.15, 0.2) is 18.2 Å². The minimum atomic E-state index is -1.11. The van der Waals surface area contributed by atoms with Gasteiger partial charge in [0.25, 0.3) is 5.91 Å². The summed E-state index contributed by atoms with van der Waals surface area (Å²) in [5.74, 6) is -0.258. The summed E-state index contributed by atoms with van der Waals surface area (Å²) >= 11 is 12.0. The molecule has 0 aliphatic carbocycles. The summed E-state index contributed by atoms with van der Waals surface area (Å²) in [5.41, 5.74) is -0.479. The molecule has 0 radical (unpaired) electrons. The zero-order chi connectivity index (χ0) is 16.6. The third-order valence-electron chi connectivity index (χ3n) is 4.56. The van der Waals surface area contributed by atoms with Crippen LogP contribution in [0, 0.1) is 0 Å². The molecule has 7 heteroatoms. The van der Waals surface area contributed by atoms with Crippen molar-refractivity contribution in [2.75, 3.05) is 19.8 Å². The highest BCUT2D eigenvalue weighted by molar-refractivity contribution is 6.42. The second-order valence-electron chi connectivity index (χ2n) is 6.24. The molecule has 0 bridgehead atoms. The van der Waals surface area contributed by atoms with E-state index < -0.39 is 5.54 Å². The van der Waals surface area contributed by atoms with E-state index in [0.29, 0.717) is 22.3 Å². The summed E-state index contributed by atoms with van der Waals surface area (Å²) < 4.78 is 0. The molecule has 5 nitrogen and oxygen atoms in total. The molecule has 1 atom stereocenters. The van der Waals surface area contributed by atoms with Crippen LogP contribution in [0.5, 0.6) is 0 Å². The number of rotatable bonds is 3. The Hall–Kier alpha value is -1.30. The van der Waals surface area contributed by atoms with Gasteiger partial charge in [0.2, 0.25) is 0 Å². The summed E-state index contributed by atoms with van der Waals surface area (Å²) in [4.78, 5) is 28.6. The zero-order valence-electron chi connectivity index (χ0n) is 12.9.